The molecule has 7 nitrogen and oxygen atoms in total. The second-order valence-electron chi connectivity index (χ2n) is 8.69. The standard InChI is InChI=1S/C25H24FN3O4S2/c1-17-10-12-28(13-11-17)35(31,32)21-7-4-18(5-8-21)24(30)29(16-20-3-2-14-33-20)25-27-22-9-6-19(26)15-23(22)34-25/h2-9,14-15,17H,10-13,16H2,1H3. The maximum absolute atomic E-state index is 13.7. The third kappa shape index (κ3) is 4.86. The number of hydrogen-bond acceptors (Lipinski definition) is 6. The zero-order chi connectivity index (χ0) is 24.6. The number of benzene rings is 2. The number of nitrogens with zero attached hydrogens (tertiary/aromatic N) is 3. The first-order chi connectivity index (χ1) is 16.8. The summed E-state index contributed by atoms with van der Waals surface area (Å²) in [6.45, 7) is 3.25. The van der Waals surface area contributed by atoms with Gasteiger partial charge in [0.2, 0.25) is 10.0 Å². The van der Waals surface area contributed by atoms with Gasteiger partial charge in [-0.25, -0.2) is 17.8 Å². The number of rotatable bonds is 6. The molecule has 1 aliphatic heterocycles. The Morgan fingerprint density at radius 3 is 2.60 bits per heavy atom. The lowest BCUT2D eigenvalue weighted by Crippen LogP contribution is -2.37. The summed E-state index contributed by atoms with van der Waals surface area (Å²) in [7, 11) is -3.62. The van der Waals surface area contributed by atoms with E-state index in [0.29, 0.717) is 45.7 Å². The van der Waals surface area contributed by atoms with Gasteiger partial charge in [-0.1, -0.05) is 18.3 Å². The average molecular weight is 514 g/mol. The van der Waals surface area contributed by atoms with Crippen LogP contribution in [0.4, 0.5) is 9.52 Å². The molecule has 0 bridgehead atoms. The number of hydrogen-bond donors (Lipinski definition) is 0. The van der Waals surface area contributed by atoms with Crippen LogP contribution >= 0.6 is 11.3 Å². The number of furan rings is 1. The Kier molecular flexibility index (Phi) is 6.43. The molecule has 1 amide bonds. The van der Waals surface area contributed by atoms with Crippen LogP contribution in [0.1, 0.15) is 35.9 Å². The van der Waals surface area contributed by atoms with Gasteiger partial charge < -0.3 is 4.42 Å². The number of aromatic nitrogens is 1. The highest BCUT2D eigenvalue weighted by Crippen LogP contribution is 2.32. The Hall–Kier alpha value is -3.08. The van der Waals surface area contributed by atoms with Gasteiger partial charge in [-0.15, -0.1) is 0 Å². The quantitative estimate of drug-likeness (QED) is 0.350. The monoisotopic (exact) mass is 513 g/mol. The maximum Gasteiger partial charge on any atom is 0.260 e. The smallest absolute Gasteiger partial charge is 0.260 e. The minimum absolute atomic E-state index is 0.125. The fourth-order valence-corrected chi connectivity index (χ4v) is 6.54. The first-order valence-electron chi connectivity index (χ1n) is 11.3. The van der Waals surface area contributed by atoms with Crippen molar-refractivity contribution >= 4 is 42.6 Å². The van der Waals surface area contributed by atoms with Crippen LogP contribution in [0.2, 0.25) is 0 Å². The van der Waals surface area contributed by atoms with Gasteiger partial charge in [0.15, 0.2) is 5.13 Å². The summed E-state index contributed by atoms with van der Waals surface area (Å²) < 4.78 is 47.4. The molecule has 10 heteroatoms. The fourth-order valence-electron chi connectivity index (χ4n) is 4.09. The lowest BCUT2D eigenvalue weighted by atomic mass is 10.0. The van der Waals surface area contributed by atoms with Crippen molar-refractivity contribution in [1.82, 2.24) is 9.29 Å². The molecule has 4 aromatic rings. The van der Waals surface area contributed by atoms with Crippen LogP contribution in [0, 0.1) is 11.7 Å². The van der Waals surface area contributed by atoms with E-state index in [-0.39, 0.29) is 23.2 Å². The molecule has 0 atom stereocenters. The minimum Gasteiger partial charge on any atom is -0.467 e. The number of carbonyl (C=O) groups is 1. The van der Waals surface area contributed by atoms with Crippen LogP contribution < -0.4 is 4.90 Å². The van der Waals surface area contributed by atoms with Crippen molar-refractivity contribution < 1.29 is 22.0 Å². The fraction of sp³-hybridized carbons (Fsp3) is 0.280. The highest BCUT2D eigenvalue weighted by molar-refractivity contribution is 7.89. The van der Waals surface area contributed by atoms with Crippen LogP contribution in [-0.4, -0.2) is 36.7 Å². The molecule has 0 N–H and O–H groups in total. The number of fused-ring (bicyclic) bond motifs is 1. The number of halogens is 1. The summed E-state index contributed by atoms with van der Waals surface area (Å²) in [5, 5.41) is 0.395. The molecular formula is C25H24FN3O4S2. The molecule has 2 aromatic heterocycles. The first-order valence-corrected chi connectivity index (χ1v) is 13.6. The Balaban J connectivity index is 1.44. The number of anilines is 1. The molecule has 0 radical (unpaired) electrons. The molecule has 35 heavy (non-hydrogen) atoms. The molecule has 0 spiro atoms. The molecule has 5 rings (SSSR count). The van der Waals surface area contributed by atoms with E-state index in [1.54, 1.807) is 18.2 Å². The Morgan fingerprint density at radius 2 is 1.91 bits per heavy atom. The topological polar surface area (TPSA) is 83.7 Å². The van der Waals surface area contributed by atoms with Crippen molar-refractivity contribution in [1.29, 1.82) is 0 Å². The minimum atomic E-state index is -3.62. The van der Waals surface area contributed by atoms with Crippen LogP contribution in [0.15, 0.2) is 70.2 Å². The van der Waals surface area contributed by atoms with Crippen LogP contribution in [0.5, 0.6) is 0 Å². The summed E-state index contributed by atoms with van der Waals surface area (Å²) in [4.78, 5) is 19.7. The molecule has 1 aliphatic rings. The Morgan fingerprint density at radius 1 is 1.17 bits per heavy atom. The number of sulfonamides is 1. The van der Waals surface area contributed by atoms with E-state index in [0.717, 1.165) is 12.8 Å². The Bertz CT molecular complexity index is 1440. The third-order valence-corrected chi connectivity index (χ3v) is 9.14. The van der Waals surface area contributed by atoms with E-state index >= 15 is 0 Å². The molecule has 0 aliphatic carbocycles. The van der Waals surface area contributed by atoms with Gasteiger partial charge >= 0.3 is 0 Å². The zero-order valence-corrected chi connectivity index (χ0v) is 20.7. The summed E-state index contributed by atoms with van der Waals surface area (Å²) >= 11 is 1.20. The van der Waals surface area contributed by atoms with E-state index in [1.807, 2.05) is 0 Å². The van der Waals surface area contributed by atoms with Gasteiger partial charge in [-0.3, -0.25) is 9.69 Å². The summed E-state index contributed by atoms with van der Waals surface area (Å²) in [6.07, 6.45) is 3.19. The van der Waals surface area contributed by atoms with Crippen molar-refractivity contribution in [2.75, 3.05) is 18.0 Å². The Labute approximate surface area is 206 Å². The number of amides is 1. The van der Waals surface area contributed by atoms with Gasteiger partial charge in [0.1, 0.15) is 11.6 Å². The molecular weight excluding hydrogens is 489 g/mol. The van der Waals surface area contributed by atoms with Gasteiger partial charge in [0.05, 0.1) is 27.9 Å². The SMILES string of the molecule is CC1CCN(S(=O)(=O)c2ccc(C(=O)N(Cc3ccco3)c3nc4ccc(F)cc4s3)cc2)CC1. The second-order valence-corrected chi connectivity index (χ2v) is 11.6. The number of piperidine rings is 1. The van der Waals surface area contributed by atoms with E-state index in [1.165, 1.54) is 63.2 Å². The second kappa shape index (κ2) is 9.52. The van der Waals surface area contributed by atoms with Crippen molar-refractivity contribution in [3.05, 3.63) is 78.0 Å². The van der Waals surface area contributed by atoms with Crippen molar-refractivity contribution in [2.24, 2.45) is 5.92 Å². The molecule has 0 saturated carbocycles. The van der Waals surface area contributed by atoms with E-state index < -0.39 is 10.0 Å². The van der Waals surface area contributed by atoms with Crippen molar-refractivity contribution in [2.45, 2.75) is 31.2 Å². The highest BCUT2D eigenvalue weighted by atomic mass is 32.2. The maximum atomic E-state index is 13.7. The van der Waals surface area contributed by atoms with Crippen LogP contribution in [-0.2, 0) is 16.6 Å². The van der Waals surface area contributed by atoms with Crippen molar-refractivity contribution in [3.63, 3.8) is 0 Å². The van der Waals surface area contributed by atoms with Gasteiger partial charge in [0, 0.05) is 18.7 Å². The molecule has 3 heterocycles. The van der Waals surface area contributed by atoms with E-state index in [4.69, 9.17) is 4.42 Å². The van der Waals surface area contributed by atoms with Gasteiger partial charge in [-0.2, -0.15) is 4.31 Å². The van der Waals surface area contributed by atoms with Crippen molar-refractivity contribution in [3.8, 4) is 0 Å². The average Bonchev–Trinajstić information content (AvgIpc) is 3.52. The lowest BCUT2D eigenvalue weighted by Gasteiger charge is -2.29. The summed E-state index contributed by atoms with van der Waals surface area (Å²) in [5.41, 5.74) is 0.897. The summed E-state index contributed by atoms with van der Waals surface area (Å²) in [6, 6.07) is 13.7. The molecule has 1 saturated heterocycles. The van der Waals surface area contributed by atoms with Gasteiger partial charge in [0.25, 0.3) is 5.91 Å². The van der Waals surface area contributed by atoms with Crippen LogP contribution in [0.25, 0.3) is 10.2 Å². The van der Waals surface area contributed by atoms with E-state index in [2.05, 4.69) is 11.9 Å². The zero-order valence-electron chi connectivity index (χ0n) is 19.1. The first kappa shape index (κ1) is 23.7. The normalized spacial score (nSPS) is 15.5. The largest absolute Gasteiger partial charge is 0.467 e. The molecule has 0 unspecified atom stereocenters. The van der Waals surface area contributed by atoms with Gasteiger partial charge in [-0.05, 0) is 73.4 Å². The van der Waals surface area contributed by atoms with Crippen LogP contribution in [0.3, 0.4) is 0 Å². The molecule has 2 aromatic carbocycles. The molecule has 182 valence electrons. The lowest BCUT2D eigenvalue weighted by molar-refractivity contribution is 0.0983. The van der Waals surface area contributed by atoms with E-state index in [9.17, 15) is 17.6 Å². The third-order valence-electron chi connectivity index (χ3n) is 6.19. The summed E-state index contributed by atoms with van der Waals surface area (Å²) in [5.74, 6) is 0.330. The highest BCUT2D eigenvalue weighted by Gasteiger charge is 2.29. The molecule has 1 fully saturated rings. The number of carbonyl (C=O) groups excluding carboxylic acids is 1. The predicted octanol–water partition coefficient (Wildman–Crippen LogP) is 5.30. The predicted molar refractivity (Wildman–Crippen MR) is 132 cm³/mol. The number of thiazole rings is 1.